The monoisotopic (exact) mass is 319 g/mol. The Bertz CT molecular complexity index is 667. The van der Waals surface area contributed by atoms with E-state index in [-0.39, 0.29) is 25.1 Å². The third kappa shape index (κ3) is 5.23. The fourth-order valence-electron chi connectivity index (χ4n) is 1.79. The molecule has 1 aromatic heterocycles. The first kappa shape index (κ1) is 16.7. The van der Waals surface area contributed by atoms with Gasteiger partial charge in [-0.3, -0.25) is 0 Å². The number of nitrogens with zero attached hydrogens (tertiary/aromatic N) is 1. The molecule has 0 aliphatic heterocycles. The van der Waals surface area contributed by atoms with Gasteiger partial charge >= 0.3 is 6.03 Å². The zero-order valence-electron chi connectivity index (χ0n) is 12.6. The van der Waals surface area contributed by atoms with Crippen LogP contribution in [0.4, 0.5) is 9.18 Å². The number of halogens is 1. The molecule has 0 bridgehead atoms. The summed E-state index contributed by atoms with van der Waals surface area (Å²) >= 11 is 0. The fraction of sp³-hybridized carbons (Fsp3) is 0.250. The molecule has 2 rings (SSSR count). The summed E-state index contributed by atoms with van der Waals surface area (Å²) in [7, 11) is 0. The van der Waals surface area contributed by atoms with Gasteiger partial charge in [-0.1, -0.05) is 12.1 Å². The molecule has 122 valence electrons. The first-order chi connectivity index (χ1) is 11.1. The topological polar surface area (TPSA) is 83.5 Å². The maximum absolute atomic E-state index is 13.2. The number of ether oxygens (including phenoxy) is 1. The first-order valence-electron chi connectivity index (χ1n) is 7.11. The summed E-state index contributed by atoms with van der Waals surface area (Å²) < 4.78 is 18.8. The lowest BCUT2D eigenvalue weighted by atomic mass is 10.2. The van der Waals surface area contributed by atoms with Gasteiger partial charge in [0.2, 0.25) is 5.88 Å². The van der Waals surface area contributed by atoms with E-state index in [0.29, 0.717) is 11.3 Å². The number of hydrogen-bond donors (Lipinski definition) is 3. The van der Waals surface area contributed by atoms with Gasteiger partial charge in [0.1, 0.15) is 11.6 Å². The third-order valence-electron chi connectivity index (χ3n) is 2.95. The van der Waals surface area contributed by atoms with Gasteiger partial charge in [0.05, 0.1) is 12.6 Å². The van der Waals surface area contributed by atoms with E-state index in [1.54, 1.807) is 31.3 Å². The van der Waals surface area contributed by atoms with E-state index >= 15 is 0 Å². The molecule has 1 aromatic carbocycles. The minimum Gasteiger partial charge on any atom is -0.439 e. The number of pyridine rings is 1. The molecule has 2 amide bonds. The minimum atomic E-state index is -0.410. The van der Waals surface area contributed by atoms with E-state index in [4.69, 9.17) is 9.84 Å². The molecule has 0 radical (unpaired) electrons. The SMILES string of the molecule is C[C@H](CO)NC(=O)NCc1cccnc1Oc1cccc(F)c1. The fourth-order valence-corrected chi connectivity index (χ4v) is 1.79. The second kappa shape index (κ2) is 8.09. The van der Waals surface area contributed by atoms with Crippen LogP contribution in [0.15, 0.2) is 42.6 Å². The maximum atomic E-state index is 13.2. The molecule has 0 spiro atoms. The largest absolute Gasteiger partial charge is 0.439 e. The molecule has 1 heterocycles. The highest BCUT2D eigenvalue weighted by molar-refractivity contribution is 5.74. The molecule has 7 heteroatoms. The van der Waals surface area contributed by atoms with Gasteiger partial charge in [-0.15, -0.1) is 0 Å². The lowest BCUT2D eigenvalue weighted by Crippen LogP contribution is -2.42. The number of amides is 2. The van der Waals surface area contributed by atoms with E-state index < -0.39 is 11.8 Å². The van der Waals surface area contributed by atoms with Crippen molar-refractivity contribution in [3.63, 3.8) is 0 Å². The Morgan fingerprint density at radius 1 is 1.39 bits per heavy atom. The average Bonchev–Trinajstić information content (AvgIpc) is 2.54. The van der Waals surface area contributed by atoms with Crippen LogP contribution in [0.25, 0.3) is 0 Å². The van der Waals surface area contributed by atoms with E-state index in [2.05, 4.69) is 15.6 Å². The van der Waals surface area contributed by atoms with E-state index in [0.717, 1.165) is 0 Å². The van der Waals surface area contributed by atoms with Crippen molar-refractivity contribution in [1.82, 2.24) is 15.6 Å². The lowest BCUT2D eigenvalue weighted by Gasteiger charge is -2.13. The van der Waals surface area contributed by atoms with Crippen LogP contribution in [0.5, 0.6) is 11.6 Å². The molecular weight excluding hydrogens is 301 g/mol. The highest BCUT2D eigenvalue weighted by atomic mass is 19.1. The summed E-state index contributed by atoms with van der Waals surface area (Å²) in [4.78, 5) is 15.8. The van der Waals surface area contributed by atoms with Crippen LogP contribution in [0.2, 0.25) is 0 Å². The van der Waals surface area contributed by atoms with Crippen LogP contribution in [0, 0.1) is 5.82 Å². The Balaban J connectivity index is 2.01. The summed E-state index contributed by atoms with van der Waals surface area (Å²) in [5.74, 6) is 0.201. The molecule has 0 unspecified atom stereocenters. The summed E-state index contributed by atoms with van der Waals surface area (Å²) in [5, 5.41) is 14.1. The van der Waals surface area contributed by atoms with Crippen LogP contribution in [0.1, 0.15) is 12.5 Å². The minimum absolute atomic E-state index is 0.145. The smallest absolute Gasteiger partial charge is 0.315 e. The lowest BCUT2D eigenvalue weighted by molar-refractivity contribution is 0.220. The molecule has 0 aliphatic rings. The molecule has 0 saturated heterocycles. The number of hydrogen-bond acceptors (Lipinski definition) is 4. The number of benzene rings is 1. The first-order valence-corrected chi connectivity index (χ1v) is 7.11. The Kier molecular flexibility index (Phi) is 5.87. The van der Waals surface area contributed by atoms with Crippen molar-refractivity contribution in [1.29, 1.82) is 0 Å². The number of rotatable bonds is 6. The van der Waals surface area contributed by atoms with Crippen molar-refractivity contribution >= 4 is 6.03 Å². The van der Waals surface area contributed by atoms with Crippen LogP contribution < -0.4 is 15.4 Å². The Hall–Kier alpha value is -2.67. The third-order valence-corrected chi connectivity index (χ3v) is 2.95. The Morgan fingerprint density at radius 3 is 2.96 bits per heavy atom. The average molecular weight is 319 g/mol. The Morgan fingerprint density at radius 2 is 2.22 bits per heavy atom. The number of aliphatic hydroxyl groups is 1. The second-order valence-corrected chi connectivity index (χ2v) is 4.94. The predicted molar refractivity (Wildman–Crippen MR) is 82.6 cm³/mol. The Labute approximate surface area is 133 Å². The molecule has 3 N–H and O–H groups in total. The number of carbonyl (C=O) groups excluding carboxylic acids is 1. The van der Waals surface area contributed by atoms with Crippen molar-refractivity contribution < 1.29 is 19.0 Å². The van der Waals surface area contributed by atoms with Gasteiger partial charge in [-0.2, -0.15) is 0 Å². The number of aromatic nitrogens is 1. The maximum Gasteiger partial charge on any atom is 0.315 e. The van der Waals surface area contributed by atoms with Crippen molar-refractivity contribution in [3.05, 3.63) is 54.0 Å². The zero-order chi connectivity index (χ0) is 16.7. The van der Waals surface area contributed by atoms with Crippen LogP contribution in [-0.4, -0.2) is 28.8 Å². The van der Waals surface area contributed by atoms with Gasteiger partial charge in [0.25, 0.3) is 0 Å². The summed E-state index contributed by atoms with van der Waals surface area (Å²) in [6.45, 7) is 1.72. The van der Waals surface area contributed by atoms with Crippen LogP contribution in [0.3, 0.4) is 0 Å². The molecular formula is C16H18FN3O3. The molecule has 23 heavy (non-hydrogen) atoms. The standard InChI is InChI=1S/C16H18FN3O3/c1-11(10-21)20-16(22)19-9-12-4-3-7-18-15(12)23-14-6-2-5-13(17)8-14/h2-8,11,21H,9-10H2,1H3,(H2,19,20,22)/t11-/m1/s1. The highest BCUT2D eigenvalue weighted by Crippen LogP contribution is 2.23. The van der Waals surface area contributed by atoms with Crippen molar-refractivity contribution in [2.24, 2.45) is 0 Å². The van der Waals surface area contributed by atoms with E-state index in [9.17, 15) is 9.18 Å². The molecule has 0 fully saturated rings. The number of nitrogens with one attached hydrogen (secondary N) is 2. The van der Waals surface area contributed by atoms with Crippen molar-refractivity contribution in [2.75, 3.05) is 6.61 Å². The summed E-state index contributed by atoms with van der Waals surface area (Å²) in [6.07, 6.45) is 1.55. The van der Waals surface area contributed by atoms with Crippen LogP contribution in [-0.2, 0) is 6.54 Å². The number of aliphatic hydroxyl groups excluding tert-OH is 1. The molecule has 0 saturated carbocycles. The highest BCUT2D eigenvalue weighted by Gasteiger charge is 2.10. The predicted octanol–water partition coefficient (Wildman–Crippen LogP) is 2.19. The second-order valence-electron chi connectivity index (χ2n) is 4.94. The molecule has 0 aliphatic carbocycles. The van der Waals surface area contributed by atoms with Gasteiger partial charge in [0, 0.05) is 24.4 Å². The van der Waals surface area contributed by atoms with Crippen molar-refractivity contribution in [2.45, 2.75) is 19.5 Å². The van der Waals surface area contributed by atoms with Gasteiger partial charge in [-0.05, 0) is 25.1 Å². The zero-order valence-corrected chi connectivity index (χ0v) is 12.6. The number of carbonyl (C=O) groups is 1. The van der Waals surface area contributed by atoms with Crippen LogP contribution >= 0.6 is 0 Å². The molecule has 6 nitrogen and oxygen atoms in total. The van der Waals surface area contributed by atoms with Gasteiger partial charge in [-0.25, -0.2) is 14.2 Å². The van der Waals surface area contributed by atoms with E-state index in [1.165, 1.54) is 18.2 Å². The van der Waals surface area contributed by atoms with Crippen molar-refractivity contribution in [3.8, 4) is 11.6 Å². The quantitative estimate of drug-likeness (QED) is 0.762. The van der Waals surface area contributed by atoms with Gasteiger partial charge < -0.3 is 20.5 Å². The molecule has 2 aromatic rings. The van der Waals surface area contributed by atoms with E-state index in [1.807, 2.05) is 0 Å². The van der Waals surface area contributed by atoms with Gasteiger partial charge in [0.15, 0.2) is 0 Å². The normalized spacial score (nSPS) is 11.6. The molecule has 1 atom stereocenters. The number of urea groups is 1. The summed E-state index contributed by atoms with van der Waals surface area (Å²) in [5.41, 5.74) is 0.642. The summed E-state index contributed by atoms with van der Waals surface area (Å²) in [6, 6.07) is 8.43.